The molecule has 0 atom stereocenters. The Morgan fingerprint density at radius 1 is 1.34 bits per heavy atom. The lowest BCUT2D eigenvalue weighted by Gasteiger charge is -2.19. The first-order valence-corrected chi connectivity index (χ1v) is 9.53. The molecule has 2 aliphatic rings. The highest BCUT2D eigenvalue weighted by atomic mass is 32.2. The van der Waals surface area contributed by atoms with E-state index in [4.69, 9.17) is 9.83 Å². The molecule has 9 nitrogen and oxygen atoms in total. The van der Waals surface area contributed by atoms with Crippen molar-refractivity contribution in [2.75, 3.05) is 0 Å². The van der Waals surface area contributed by atoms with Gasteiger partial charge in [-0.2, -0.15) is 15.1 Å². The standard InChI is InChI=1S/C19H15N5O4S/c1-3-16-22-23-17(20)14(18(25)21-19(23)29-16)9-12-5-7-15(28-12)13-6-4-11(24(26)27)8-10(13)2/h4-9,20H,3H2,1-2H3/b14-9-,20-17?. The molecular formula is C19H15N5O4S. The van der Waals surface area contributed by atoms with Gasteiger partial charge >= 0.3 is 0 Å². The van der Waals surface area contributed by atoms with Crippen molar-refractivity contribution in [2.24, 2.45) is 10.1 Å². The van der Waals surface area contributed by atoms with Crippen LogP contribution in [-0.4, -0.2) is 31.9 Å². The van der Waals surface area contributed by atoms with E-state index in [-0.39, 0.29) is 17.1 Å². The maximum Gasteiger partial charge on any atom is 0.283 e. The number of nitro benzene ring substituents is 1. The number of fused-ring (bicyclic) bond motifs is 1. The first-order chi connectivity index (χ1) is 13.9. The summed E-state index contributed by atoms with van der Waals surface area (Å²) in [6, 6.07) is 7.89. The number of furan rings is 1. The number of benzene rings is 1. The highest BCUT2D eigenvalue weighted by molar-refractivity contribution is 8.26. The van der Waals surface area contributed by atoms with E-state index >= 15 is 0 Å². The molecule has 1 amide bonds. The van der Waals surface area contributed by atoms with Gasteiger partial charge in [0.15, 0.2) is 5.84 Å². The Morgan fingerprint density at radius 3 is 2.83 bits per heavy atom. The zero-order valence-electron chi connectivity index (χ0n) is 15.5. The molecule has 4 rings (SSSR count). The normalized spacial score (nSPS) is 17.4. The predicted octanol–water partition coefficient (Wildman–Crippen LogP) is 4.19. The lowest BCUT2D eigenvalue weighted by molar-refractivity contribution is -0.384. The number of rotatable bonds is 4. The Bertz CT molecular complexity index is 1160. The number of amides is 1. The molecule has 2 aliphatic heterocycles. The SMILES string of the molecule is CCC1=NN2C(=N)/C(=C/c3ccc(-c4ccc([N+](=O)[O-])cc4C)o3)C(=O)N=C2S1. The third-order valence-corrected chi connectivity index (χ3v) is 5.45. The second-order valence-corrected chi connectivity index (χ2v) is 7.37. The van der Waals surface area contributed by atoms with Crippen LogP contribution < -0.4 is 0 Å². The topological polar surface area (TPSA) is 125 Å². The summed E-state index contributed by atoms with van der Waals surface area (Å²) in [7, 11) is 0. The Balaban J connectivity index is 1.65. The molecule has 1 aromatic carbocycles. The number of amidine groups is 2. The minimum absolute atomic E-state index is 0.00514. The molecule has 10 heteroatoms. The van der Waals surface area contributed by atoms with Crippen LogP contribution in [0.2, 0.25) is 0 Å². The smallest absolute Gasteiger partial charge is 0.283 e. The van der Waals surface area contributed by atoms with E-state index in [1.54, 1.807) is 25.1 Å². The number of carbonyl (C=O) groups is 1. The summed E-state index contributed by atoms with van der Waals surface area (Å²) < 4.78 is 5.80. The molecule has 0 bridgehead atoms. The van der Waals surface area contributed by atoms with Crippen molar-refractivity contribution in [3.63, 3.8) is 0 Å². The summed E-state index contributed by atoms with van der Waals surface area (Å²) in [4.78, 5) is 26.9. The largest absolute Gasteiger partial charge is 0.457 e. The average Bonchev–Trinajstić information content (AvgIpc) is 3.31. The van der Waals surface area contributed by atoms with Crippen LogP contribution in [0.4, 0.5) is 5.69 Å². The van der Waals surface area contributed by atoms with Crippen molar-refractivity contribution in [1.29, 1.82) is 5.41 Å². The third-order valence-electron chi connectivity index (χ3n) is 4.40. The Morgan fingerprint density at radius 2 is 2.14 bits per heavy atom. The molecule has 3 heterocycles. The number of nitrogens with zero attached hydrogens (tertiary/aromatic N) is 4. The molecule has 29 heavy (non-hydrogen) atoms. The minimum Gasteiger partial charge on any atom is -0.457 e. The number of hydrogen-bond donors (Lipinski definition) is 1. The Labute approximate surface area is 169 Å². The van der Waals surface area contributed by atoms with Crippen LogP contribution in [0.3, 0.4) is 0 Å². The fourth-order valence-corrected chi connectivity index (χ4v) is 3.75. The molecule has 1 aromatic heterocycles. The van der Waals surface area contributed by atoms with Crippen LogP contribution >= 0.6 is 11.8 Å². The summed E-state index contributed by atoms with van der Waals surface area (Å²) in [5.74, 6) is 0.300. The van der Waals surface area contributed by atoms with E-state index in [1.165, 1.54) is 35.0 Å². The van der Waals surface area contributed by atoms with E-state index in [2.05, 4.69) is 10.1 Å². The summed E-state index contributed by atoms with van der Waals surface area (Å²) >= 11 is 1.28. The van der Waals surface area contributed by atoms with E-state index < -0.39 is 10.8 Å². The van der Waals surface area contributed by atoms with Gasteiger partial charge < -0.3 is 4.42 Å². The van der Waals surface area contributed by atoms with Gasteiger partial charge in [0.05, 0.1) is 10.5 Å². The Hall–Kier alpha value is -3.53. The molecule has 0 spiro atoms. The van der Waals surface area contributed by atoms with Gasteiger partial charge in [0.1, 0.15) is 16.6 Å². The number of hydrazone groups is 1. The summed E-state index contributed by atoms with van der Waals surface area (Å²) in [6.45, 7) is 3.70. The quantitative estimate of drug-likeness (QED) is 0.458. The van der Waals surface area contributed by atoms with Crippen LogP contribution in [0.1, 0.15) is 24.7 Å². The number of nitrogens with one attached hydrogen (secondary N) is 1. The summed E-state index contributed by atoms with van der Waals surface area (Å²) in [5.41, 5.74) is 1.49. The van der Waals surface area contributed by atoms with E-state index in [9.17, 15) is 14.9 Å². The van der Waals surface area contributed by atoms with Crippen LogP contribution in [0.15, 0.2) is 50.4 Å². The van der Waals surface area contributed by atoms with Crippen molar-refractivity contribution in [3.8, 4) is 11.3 Å². The lowest BCUT2D eigenvalue weighted by atomic mass is 10.1. The second-order valence-electron chi connectivity index (χ2n) is 6.33. The summed E-state index contributed by atoms with van der Waals surface area (Å²) in [5, 5.41) is 26.0. The zero-order chi connectivity index (χ0) is 20.7. The van der Waals surface area contributed by atoms with E-state index in [0.29, 0.717) is 34.2 Å². The van der Waals surface area contributed by atoms with Crippen molar-refractivity contribution < 1.29 is 14.1 Å². The van der Waals surface area contributed by atoms with Crippen LogP contribution in [-0.2, 0) is 4.79 Å². The number of non-ortho nitro benzene ring substituents is 1. The maximum atomic E-state index is 12.4. The highest BCUT2D eigenvalue weighted by Gasteiger charge is 2.35. The minimum atomic E-state index is -0.522. The van der Waals surface area contributed by atoms with Crippen molar-refractivity contribution in [2.45, 2.75) is 20.3 Å². The van der Waals surface area contributed by atoms with Crippen LogP contribution in [0.5, 0.6) is 0 Å². The Kier molecular flexibility index (Phi) is 4.63. The molecule has 0 fully saturated rings. The van der Waals surface area contributed by atoms with Gasteiger partial charge in [-0.25, -0.2) is 0 Å². The number of thioether (sulfide) groups is 1. The third kappa shape index (κ3) is 3.38. The van der Waals surface area contributed by atoms with Gasteiger partial charge in [-0.05, 0) is 54.9 Å². The molecule has 0 aliphatic carbocycles. The van der Waals surface area contributed by atoms with Crippen LogP contribution in [0.25, 0.3) is 17.4 Å². The number of aliphatic imine (C=N–C) groups is 1. The molecule has 0 saturated heterocycles. The zero-order valence-corrected chi connectivity index (χ0v) is 16.3. The fourth-order valence-electron chi connectivity index (χ4n) is 2.93. The van der Waals surface area contributed by atoms with Crippen molar-refractivity contribution in [3.05, 3.63) is 57.3 Å². The monoisotopic (exact) mass is 409 g/mol. The molecule has 146 valence electrons. The summed E-state index contributed by atoms with van der Waals surface area (Å²) in [6.07, 6.45) is 2.15. The van der Waals surface area contributed by atoms with Gasteiger partial charge in [-0.3, -0.25) is 20.3 Å². The highest BCUT2D eigenvalue weighted by Crippen LogP contribution is 2.31. The molecule has 0 radical (unpaired) electrons. The molecule has 2 aromatic rings. The molecule has 0 saturated carbocycles. The van der Waals surface area contributed by atoms with Crippen LogP contribution in [0, 0.1) is 22.4 Å². The van der Waals surface area contributed by atoms with Gasteiger partial charge in [0, 0.05) is 17.7 Å². The lowest BCUT2D eigenvalue weighted by Crippen LogP contribution is -2.35. The van der Waals surface area contributed by atoms with E-state index in [0.717, 1.165) is 5.04 Å². The number of carbonyl (C=O) groups excluding carboxylic acids is 1. The van der Waals surface area contributed by atoms with Gasteiger partial charge in [-0.1, -0.05) is 6.92 Å². The first kappa shape index (κ1) is 18.8. The number of aryl methyl sites for hydroxylation is 1. The number of nitro groups is 1. The first-order valence-electron chi connectivity index (χ1n) is 8.71. The van der Waals surface area contributed by atoms with Gasteiger partial charge in [0.25, 0.3) is 11.6 Å². The molecule has 1 N–H and O–H groups in total. The molecule has 0 unspecified atom stereocenters. The molecular weight excluding hydrogens is 394 g/mol. The fraction of sp³-hybridized carbons (Fsp3) is 0.158. The van der Waals surface area contributed by atoms with Crippen molar-refractivity contribution in [1.82, 2.24) is 5.01 Å². The van der Waals surface area contributed by atoms with Gasteiger partial charge in [-0.15, -0.1) is 0 Å². The van der Waals surface area contributed by atoms with Gasteiger partial charge in [0.2, 0.25) is 5.17 Å². The van der Waals surface area contributed by atoms with E-state index in [1.807, 2.05) is 6.92 Å². The predicted molar refractivity (Wildman–Crippen MR) is 111 cm³/mol. The number of hydrogen-bond acceptors (Lipinski definition) is 7. The second kappa shape index (κ2) is 7.13. The van der Waals surface area contributed by atoms with Crippen molar-refractivity contribution >= 4 is 45.5 Å². The average molecular weight is 409 g/mol. The maximum absolute atomic E-state index is 12.4.